The molecular weight excluding hydrogens is 396 g/mol. The van der Waals surface area contributed by atoms with Crippen LogP contribution in [0.5, 0.6) is 0 Å². The number of nitrogens with zero attached hydrogens (tertiary/aromatic N) is 5. The highest BCUT2D eigenvalue weighted by atomic mass is 32.1. The maximum atomic E-state index is 11.4. The zero-order valence-corrected chi connectivity index (χ0v) is 16.3. The average molecular weight is 410 g/mol. The number of nitrogens with one attached hydrogen (secondary N) is 1. The minimum absolute atomic E-state index is 0.389. The fourth-order valence-electron chi connectivity index (χ4n) is 3.48. The van der Waals surface area contributed by atoms with Gasteiger partial charge in [0, 0.05) is 11.1 Å². The van der Waals surface area contributed by atoms with Crippen LogP contribution in [0, 0.1) is 11.3 Å². The highest BCUT2D eigenvalue weighted by Gasteiger charge is 2.28. The van der Waals surface area contributed by atoms with Gasteiger partial charge in [-0.15, -0.1) is 11.3 Å². The number of aliphatic hydroxyl groups excluding tert-OH is 1. The number of thiophene rings is 1. The number of aromatic amines is 1. The lowest BCUT2D eigenvalue weighted by atomic mass is 9.94. The fraction of sp³-hybridized carbons (Fsp3) is 0.0455. The third-order valence-corrected chi connectivity index (χ3v) is 6.16. The molecule has 0 aliphatic carbocycles. The standard InChI is InChI=1S/C22H14N6OS/c23-10-17-18(19(29)15-6-5-13-3-1-2-4-14(13)9-15)21(22-24-12-27-28-22)30-20(17)16-7-8-25-26-11-16/h1-9,11-12,19,29H,(H,24,27,28). The Hall–Kier alpha value is -3.93. The van der Waals surface area contributed by atoms with Crippen molar-refractivity contribution in [1.29, 1.82) is 5.26 Å². The molecule has 1 atom stereocenters. The van der Waals surface area contributed by atoms with Gasteiger partial charge in [-0.05, 0) is 28.5 Å². The van der Waals surface area contributed by atoms with E-state index >= 15 is 0 Å². The largest absolute Gasteiger partial charge is 0.384 e. The second kappa shape index (κ2) is 7.48. The van der Waals surface area contributed by atoms with Crippen molar-refractivity contribution in [3.8, 4) is 27.2 Å². The third kappa shape index (κ3) is 3.03. The van der Waals surface area contributed by atoms with E-state index in [0.717, 1.165) is 16.3 Å². The van der Waals surface area contributed by atoms with Crippen LogP contribution in [-0.4, -0.2) is 30.5 Å². The van der Waals surface area contributed by atoms with Gasteiger partial charge in [0.15, 0.2) is 5.82 Å². The monoisotopic (exact) mass is 410 g/mol. The van der Waals surface area contributed by atoms with Gasteiger partial charge in [-0.25, -0.2) is 4.98 Å². The number of rotatable bonds is 4. The molecule has 2 aromatic carbocycles. The lowest BCUT2D eigenvalue weighted by molar-refractivity contribution is 0.221. The summed E-state index contributed by atoms with van der Waals surface area (Å²) in [6.45, 7) is 0. The second-order valence-corrected chi connectivity index (χ2v) is 7.66. The summed E-state index contributed by atoms with van der Waals surface area (Å²) >= 11 is 1.36. The van der Waals surface area contributed by atoms with Crippen LogP contribution >= 0.6 is 11.3 Å². The molecule has 0 aliphatic heterocycles. The summed E-state index contributed by atoms with van der Waals surface area (Å²) in [5.74, 6) is 0.500. The highest BCUT2D eigenvalue weighted by Crippen LogP contribution is 2.45. The Morgan fingerprint density at radius 3 is 2.63 bits per heavy atom. The number of hydrogen-bond donors (Lipinski definition) is 2. The average Bonchev–Trinajstić information content (AvgIpc) is 3.46. The number of aliphatic hydroxyl groups is 1. The van der Waals surface area contributed by atoms with E-state index in [0.29, 0.717) is 32.3 Å². The molecule has 0 fully saturated rings. The molecule has 30 heavy (non-hydrogen) atoms. The first-order chi connectivity index (χ1) is 14.8. The van der Waals surface area contributed by atoms with Crippen LogP contribution in [0.1, 0.15) is 22.8 Å². The molecule has 3 aromatic heterocycles. The molecule has 0 aliphatic rings. The minimum atomic E-state index is -1.01. The lowest BCUT2D eigenvalue weighted by Gasteiger charge is -2.13. The summed E-state index contributed by atoms with van der Waals surface area (Å²) in [6.07, 6.45) is 3.57. The number of hydrogen-bond acceptors (Lipinski definition) is 7. The SMILES string of the molecule is N#Cc1c(-c2ccnnc2)sc(-c2ncn[nH]2)c1C(O)c1ccc2ccccc2c1. The van der Waals surface area contributed by atoms with Crippen LogP contribution in [0.4, 0.5) is 0 Å². The predicted octanol–water partition coefficient (Wildman–Crippen LogP) is 4.10. The molecule has 144 valence electrons. The minimum Gasteiger partial charge on any atom is -0.384 e. The zero-order chi connectivity index (χ0) is 20.5. The summed E-state index contributed by atoms with van der Waals surface area (Å²) < 4.78 is 0. The van der Waals surface area contributed by atoms with Crippen molar-refractivity contribution in [3.63, 3.8) is 0 Å². The predicted molar refractivity (Wildman–Crippen MR) is 113 cm³/mol. The number of H-pyrrole nitrogens is 1. The van der Waals surface area contributed by atoms with Crippen molar-refractivity contribution in [3.05, 3.63) is 83.9 Å². The maximum Gasteiger partial charge on any atom is 0.165 e. The molecule has 5 aromatic rings. The third-order valence-electron chi connectivity index (χ3n) is 4.90. The smallest absolute Gasteiger partial charge is 0.165 e. The number of fused-ring (bicyclic) bond motifs is 1. The van der Waals surface area contributed by atoms with Crippen molar-refractivity contribution in [2.75, 3.05) is 0 Å². The Kier molecular flexibility index (Phi) is 4.52. The Bertz CT molecular complexity index is 1370. The van der Waals surface area contributed by atoms with Crippen molar-refractivity contribution in [1.82, 2.24) is 25.4 Å². The van der Waals surface area contributed by atoms with Gasteiger partial charge in [0.2, 0.25) is 0 Å². The van der Waals surface area contributed by atoms with E-state index in [1.807, 2.05) is 42.5 Å². The maximum absolute atomic E-state index is 11.4. The Morgan fingerprint density at radius 1 is 1.03 bits per heavy atom. The molecule has 5 rings (SSSR count). The molecule has 0 radical (unpaired) electrons. The van der Waals surface area contributed by atoms with Crippen LogP contribution in [0.2, 0.25) is 0 Å². The van der Waals surface area contributed by atoms with Crippen LogP contribution in [-0.2, 0) is 0 Å². The van der Waals surface area contributed by atoms with Crippen molar-refractivity contribution < 1.29 is 5.11 Å². The number of nitriles is 1. The first-order valence-corrected chi connectivity index (χ1v) is 9.94. The van der Waals surface area contributed by atoms with Crippen LogP contribution in [0.25, 0.3) is 31.9 Å². The van der Waals surface area contributed by atoms with Crippen molar-refractivity contribution in [2.24, 2.45) is 0 Å². The Labute approximate surface area is 175 Å². The molecule has 1 unspecified atom stereocenters. The lowest BCUT2D eigenvalue weighted by Crippen LogP contribution is -2.03. The highest BCUT2D eigenvalue weighted by molar-refractivity contribution is 7.19. The van der Waals surface area contributed by atoms with E-state index in [-0.39, 0.29) is 0 Å². The molecule has 0 bridgehead atoms. The van der Waals surface area contributed by atoms with Gasteiger partial charge < -0.3 is 5.11 Å². The van der Waals surface area contributed by atoms with E-state index in [2.05, 4.69) is 31.4 Å². The molecule has 7 nitrogen and oxygen atoms in total. The van der Waals surface area contributed by atoms with E-state index in [9.17, 15) is 10.4 Å². The van der Waals surface area contributed by atoms with Gasteiger partial charge in [0.05, 0.1) is 27.7 Å². The van der Waals surface area contributed by atoms with Crippen LogP contribution < -0.4 is 0 Å². The van der Waals surface area contributed by atoms with Gasteiger partial charge in [-0.2, -0.15) is 20.6 Å². The van der Waals surface area contributed by atoms with E-state index in [1.165, 1.54) is 17.7 Å². The Balaban J connectivity index is 1.73. The van der Waals surface area contributed by atoms with Gasteiger partial charge in [0.25, 0.3) is 0 Å². The molecule has 3 heterocycles. The molecule has 0 spiro atoms. The molecule has 0 saturated heterocycles. The van der Waals surface area contributed by atoms with E-state index in [4.69, 9.17) is 0 Å². The summed E-state index contributed by atoms with van der Waals surface area (Å²) in [5, 5.41) is 38.0. The summed E-state index contributed by atoms with van der Waals surface area (Å²) in [5.41, 5.74) is 2.34. The number of aromatic nitrogens is 5. The fourth-order valence-corrected chi connectivity index (χ4v) is 4.70. The molecular formula is C22H14N6OS. The summed E-state index contributed by atoms with van der Waals surface area (Å²) in [7, 11) is 0. The Morgan fingerprint density at radius 2 is 1.90 bits per heavy atom. The van der Waals surface area contributed by atoms with Crippen LogP contribution in [0.3, 0.4) is 0 Å². The normalized spacial score (nSPS) is 12.0. The topological polar surface area (TPSA) is 111 Å². The van der Waals surface area contributed by atoms with E-state index < -0.39 is 6.10 Å². The summed E-state index contributed by atoms with van der Waals surface area (Å²) in [6, 6.07) is 17.8. The van der Waals surface area contributed by atoms with Crippen molar-refractivity contribution in [2.45, 2.75) is 6.10 Å². The molecule has 8 heteroatoms. The van der Waals surface area contributed by atoms with Gasteiger partial charge in [0.1, 0.15) is 18.5 Å². The van der Waals surface area contributed by atoms with Gasteiger partial charge in [-0.3, -0.25) is 5.10 Å². The van der Waals surface area contributed by atoms with Crippen molar-refractivity contribution >= 4 is 22.1 Å². The molecule has 0 saturated carbocycles. The second-order valence-electron chi connectivity index (χ2n) is 6.64. The quantitative estimate of drug-likeness (QED) is 0.461. The van der Waals surface area contributed by atoms with E-state index in [1.54, 1.807) is 18.5 Å². The zero-order valence-electron chi connectivity index (χ0n) is 15.5. The first kappa shape index (κ1) is 18.1. The van der Waals surface area contributed by atoms with Crippen LogP contribution in [0.15, 0.2) is 67.3 Å². The molecule has 0 amide bonds. The van der Waals surface area contributed by atoms with Gasteiger partial charge >= 0.3 is 0 Å². The summed E-state index contributed by atoms with van der Waals surface area (Å²) in [4.78, 5) is 5.62. The number of benzene rings is 2. The van der Waals surface area contributed by atoms with Gasteiger partial charge in [-0.1, -0.05) is 36.4 Å². The first-order valence-electron chi connectivity index (χ1n) is 9.12. The molecule has 2 N–H and O–H groups in total.